The molecule has 1 N–H and O–H groups in total. The average Bonchev–Trinajstić information content (AvgIpc) is 3.06. The van der Waals surface area contributed by atoms with E-state index in [9.17, 15) is 4.79 Å². The van der Waals surface area contributed by atoms with E-state index in [4.69, 9.17) is 27.9 Å². The van der Waals surface area contributed by atoms with Crippen molar-refractivity contribution in [2.75, 3.05) is 12.4 Å². The zero-order valence-electron chi connectivity index (χ0n) is 15.1. The van der Waals surface area contributed by atoms with Gasteiger partial charge in [0.05, 0.1) is 23.2 Å². The molecule has 3 rings (SSSR count). The van der Waals surface area contributed by atoms with E-state index in [1.165, 1.54) is 6.07 Å². The number of thioether (sulfide) groups is 1. The number of carbonyl (C=O) groups is 1. The van der Waals surface area contributed by atoms with Crippen molar-refractivity contribution in [1.29, 1.82) is 0 Å². The summed E-state index contributed by atoms with van der Waals surface area (Å²) in [5.74, 6) is 1.97. The first-order chi connectivity index (χ1) is 13.5. The fourth-order valence-electron chi connectivity index (χ4n) is 2.33. The molecule has 0 saturated heterocycles. The van der Waals surface area contributed by atoms with Gasteiger partial charge in [-0.15, -0.1) is 10.2 Å². The largest absolute Gasteiger partial charge is 0.493 e. The van der Waals surface area contributed by atoms with Crippen LogP contribution in [0.5, 0.6) is 5.75 Å². The maximum Gasteiger partial charge on any atom is 0.251 e. The van der Waals surface area contributed by atoms with Crippen molar-refractivity contribution in [3.8, 4) is 5.75 Å². The topological polar surface area (TPSA) is 69.0 Å². The monoisotopic (exact) mass is 436 g/mol. The molecule has 0 unspecified atom stereocenters. The Hall–Kier alpha value is -2.22. The van der Waals surface area contributed by atoms with E-state index in [1.54, 1.807) is 23.9 Å². The second kappa shape index (κ2) is 9.82. The third-order valence-electron chi connectivity index (χ3n) is 3.84. The summed E-state index contributed by atoms with van der Waals surface area (Å²) in [4.78, 5) is 12.3. The third kappa shape index (κ3) is 5.41. The van der Waals surface area contributed by atoms with Gasteiger partial charge in [0.1, 0.15) is 5.75 Å². The Kier molecular flexibility index (Phi) is 7.19. The van der Waals surface area contributed by atoms with Crippen molar-refractivity contribution in [2.24, 2.45) is 7.05 Å². The van der Waals surface area contributed by atoms with Crippen molar-refractivity contribution in [1.82, 2.24) is 20.1 Å². The van der Waals surface area contributed by atoms with E-state index >= 15 is 0 Å². The highest BCUT2D eigenvalue weighted by molar-refractivity contribution is 7.99. The number of nitrogens with one attached hydrogen (secondary N) is 1. The zero-order valence-corrected chi connectivity index (χ0v) is 17.4. The van der Waals surface area contributed by atoms with Crippen LogP contribution in [0.15, 0.2) is 53.7 Å². The number of para-hydroxylation sites is 1. The van der Waals surface area contributed by atoms with Crippen molar-refractivity contribution >= 4 is 40.9 Å². The second-order valence-electron chi connectivity index (χ2n) is 5.78. The summed E-state index contributed by atoms with van der Waals surface area (Å²) >= 11 is 13.4. The minimum absolute atomic E-state index is 0.254. The number of aromatic nitrogens is 3. The first-order valence-electron chi connectivity index (χ1n) is 8.47. The van der Waals surface area contributed by atoms with Crippen LogP contribution in [0.2, 0.25) is 10.0 Å². The van der Waals surface area contributed by atoms with Crippen molar-refractivity contribution in [3.63, 3.8) is 0 Å². The van der Waals surface area contributed by atoms with Gasteiger partial charge in [-0.05, 0) is 30.3 Å². The van der Waals surface area contributed by atoms with Gasteiger partial charge >= 0.3 is 0 Å². The van der Waals surface area contributed by atoms with Crippen LogP contribution in [0.1, 0.15) is 16.2 Å². The van der Waals surface area contributed by atoms with Gasteiger partial charge in [0.15, 0.2) is 11.0 Å². The van der Waals surface area contributed by atoms with Crippen molar-refractivity contribution in [2.45, 2.75) is 11.7 Å². The zero-order chi connectivity index (χ0) is 19.9. The van der Waals surface area contributed by atoms with Crippen molar-refractivity contribution in [3.05, 3.63) is 70.0 Å². The Balaban J connectivity index is 1.48. The van der Waals surface area contributed by atoms with E-state index in [2.05, 4.69) is 15.5 Å². The average molecular weight is 437 g/mol. The first-order valence-corrected chi connectivity index (χ1v) is 10.2. The summed E-state index contributed by atoms with van der Waals surface area (Å²) in [6, 6.07) is 14.4. The molecule has 0 spiro atoms. The highest BCUT2D eigenvalue weighted by Gasteiger charge is 2.12. The smallest absolute Gasteiger partial charge is 0.251 e. The van der Waals surface area contributed by atoms with Crippen LogP contribution in [0, 0.1) is 0 Å². The van der Waals surface area contributed by atoms with Crippen LogP contribution in [-0.4, -0.2) is 33.0 Å². The normalized spacial score (nSPS) is 10.7. The summed E-state index contributed by atoms with van der Waals surface area (Å²) in [6.07, 6.45) is 0. The van der Waals surface area contributed by atoms with Gasteiger partial charge in [-0.3, -0.25) is 4.79 Å². The lowest BCUT2D eigenvalue weighted by atomic mass is 10.2. The summed E-state index contributed by atoms with van der Waals surface area (Å²) in [6.45, 7) is 0.814. The summed E-state index contributed by atoms with van der Waals surface area (Å²) in [5, 5.41) is 12.6. The molecule has 1 aromatic heterocycles. The molecular weight excluding hydrogens is 419 g/mol. The molecule has 3 aromatic rings. The lowest BCUT2D eigenvalue weighted by Gasteiger charge is -2.07. The van der Waals surface area contributed by atoms with Crippen LogP contribution in [0.25, 0.3) is 0 Å². The van der Waals surface area contributed by atoms with E-state index < -0.39 is 0 Å². The summed E-state index contributed by atoms with van der Waals surface area (Å²) in [5.41, 5.74) is 0.434. The lowest BCUT2D eigenvalue weighted by Crippen LogP contribution is -2.24. The fraction of sp³-hybridized carbons (Fsp3) is 0.211. The lowest BCUT2D eigenvalue weighted by molar-refractivity contribution is 0.0949. The molecule has 0 aliphatic rings. The quantitative estimate of drug-likeness (QED) is 0.422. The van der Waals surface area contributed by atoms with Gasteiger partial charge in [0.25, 0.3) is 5.91 Å². The predicted molar refractivity (Wildman–Crippen MR) is 111 cm³/mol. The molecule has 6 nitrogen and oxygen atoms in total. The van der Waals surface area contributed by atoms with E-state index in [-0.39, 0.29) is 12.5 Å². The maximum absolute atomic E-state index is 12.3. The van der Waals surface area contributed by atoms with Crippen LogP contribution in [-0.2, 0) is 13.6 Å². The number of benzene rings is 2. The number of hydrogen-bond acceptors (Lipinski definition) is 5. The molecule has 0 fully saturated rings. The number of halogens is 2. The Labute approximate surface area is 177 Å². The Morgan fingerprint density at radius 1 is 1.14 bits per heavy atom. The highest BCUT2D eigenvalue weighted by atomic mass is 35.5. The Morgan fingerprint density at radius 2 is 1.93 bits per heavy atom. The molecule has 2 aromatic carbocycles. The van der Waals surface area contributed by atoms with Crippen LogP contribution < -0.4 is 10.1 Å². The third-order valence-corrected chi connectivity index (χ3v) is 5.56. The minimum Gasteiger partial charge on any atom is -0.493 e. The van der Waals surface area contributed by atoms with Gasteiger partial charge in [-0.25, -0.2) is 0 Å². The minimum atomic E-state index is -0.257. The van der Waals surface area contributed by atoms with E-state index in [0.717, 1.165) is 16.7 Å². The summed E-state index contributed by atoms with van der Waals surface area (Å²) in [7, 11) is 1.86. The number of carbonyl (C=O) groups excluding carboxylic acids is 1. The SMILES string of the molecule is Cn1c(CNC(=O)c2ccc(Cl)c(Cl)c2)nnc1SCCOc1ccccc1. The number of nitrogens with zero attached hydrogens (tertiary/aromatic N) is 3. The molecule has 146 valence electrons. The summed E-state index contributed by atoms with van der Waals surface area (Å²) < 4.78 is 7.51. The molecule has 0 atom stereocenters. The molecule has 0 saturated carbocycles. The van der Waals surface area contributed by atoms with Crippen molar-refractivity contribution < 1.29 is 9.53 Å². The van der Waals surface area contributed by atoms with Gasteiger partial charge in [-0.1, -0.05) is 53.2 Å². The van der Waals surface area contributed by atoms with E-state index in [1.807, 2.05) is 41.9 Å². The van der Waals surface area contributed by atoms with Crippen LogP contribution >= 0.6 is 35.0 Å². The number of hydrogen-bond donors (Lipinski definition) is 1. The number of amides is 1. The van der Waals surface area contributed by atoms with Gasteiger partial charge in [0.2, 0.25) is 0 Å². The maximum atomic E-state index is 12.3. The Morgan fingerprint density at radius 3 is 2.68 bits per heavy atom. The van der Waals surface area contributed by atoms with Gasteiger partial charge in [0, 0.05) is 18.4 Å². The van der Waals surface area contributed by atoms with Crippen LogP contribution in [0.4, 0.5) is 0 Å². The second-order valence-corrected chi connectivity index (χ2v) is 7.66. The molecule has 0 aliphatic heterocycles. The molecule has 0 radical (unpaired) electrons. The highest BCUT2D eigenvalue weighted by Crippen LogP contribution is 2.22. The fourth-order valence-corrected chi connectivity index (χ4v) is 3.38. The number of ether oxygens (including phenoxy) is 1. The molecular formula is C19H18Cl2N4O2S. The van der Waals surface area contributed by atoms with Crippen LogP contribution in [0.3, 0.4) is 0 Å². The standard InChI is InChI=1S/C19H18Cl2N4O2S/c1-25-17(12-22-18(26)13-7-8-15(20)16(21)11-13)23-24-19(25)28-10-9-27-14-5-3-2-4-6-14/h2-8,11H,9-10,12H2,1H3,(H,22,26). The Bertz CT molecular complexity index is 950. The first kappa shape index (κ1) is 20.5. The molecule has 28 heavy (non-hydrogen) atoms. The molecule has 1 amide bonds. The molecule has 0 bridgehead atoms. The van der Waals surface area contributed by atoms with Gasteiger partial charge < -0.3 is 14.6 Å². The predicted octanol–water partition coefficient (Wildman–Crippen LogP) is 4.22. The molecule has 9 heteroatoms. The molecule has 0 aliphatic carbocycles. The van der Waals surface area contributed by atoms with E-state index in [0.29, 0.717) is 28.0 Å². The number of rotatable bonds is 8. The molecule has 1 heterocycles. The van der Waals surface area contributed by atoms with Gasteiger partial charge in [-0.2, -0.15) is 0 Å².